The van der Waals surface area contributed by atoms with E-state index >= 15 is 0 Å². The maximum absolute atomic E-state index is 11.4. The Kier molecular flexibility index (Phi) is 25.3. The summed E-state index contributed by atoms with van der Waals surface area (Å²) in [5, 5.41) is 4.07. The highest BCUT2D eigenvalue weighted by molar-refractivity contribution is 6.08. The van der Waals surface area contributed by atoms with Gasteiger partial charge in [-0.1, -0.05) is 97.1 Å². The molecule has 0 aliphatic carbocycles. The van der Waals surface area contributed by atoms with Crippen molar-refractivity contribution in [2.75, 3.05) is 42.7 Å². The second-order valence-corrected chi connectivity index (χ2v) is 17.6. The van der Waals surface area contributed by atoms with E-state index in [9.17, 15) is 28.8 Å². The highest BCUT2D eigenvalue weighted by atomic mass is 16.5. The minimum atomic E-state index is 0.0592. The summed E-state index contributed by atoms with van der Waals surface area (Å²) in [6.07, 6.45) is 0. The van der Waals surface area contributed by atoms with Crippen LogP contribution in [0.2, 0.25) is 0 Å². The van der Waals surface area contributed by atoms with E-state index in [1.54, 1.807) is 144 Å². The Morgan fingerprint density at radius 2 is 0.600 bits per heavy atom. The summed E-state index contributed by atoms with van der Waals surface area (Å²) in [6, 6.07) is 59.6. The molecule has 0 spiro atoms. The van der Waals surface area contributed by atoms with Gasteiger partial charge in [-0.25, -0.2) is 0 Å². The molecule has 12 nitrogen and oxygen atoms in total. The zero-order chi connectivity index (χ0) is 58.7. The van der Waals surface area contributed by atoms with E-state index in [4.69, 9.17) is 28.4 Å². The molecule has 9 aromatic rings. The van der Waals surface area contributed by atoms with Crippen molar-refractivity contribution in [3.63, 3.8) is 0 Å². The van der Waals surface area contributed by atoms with Crippen molar-refractivity contribution >= 4 is 56.2 Å². The molecule has 0 aromatic heterocycles. The highest BCUT2D eigenvalue weighted by Crippen LogP contribution is 2.28. The number of methoxy groups -OCH3 is 6. The Balaban J connectivity index is 0.000000209. The van der Waals surface area contributed by atoms with Crippen LogP contribution in [-0.4, -0.2) is 77.4 Å². The standard InChI is InChI=1S/C15H14O2.2C13H12O2.3C9H10O2/c1-11(16)12-3-5-13(6-4-12)14-7-9-15(17-2)10-8-14;1-9(14)10-5-3-7-12-11(10)6-4-8-13(12)15-2;1-9(14)10-3-4-12-8-13(15-2)6-5-11(12)7-10;2*1-7(10)8-3-5-9(11-2)6-4-8;1-7(10)8-4-3-5-9(6-8)11-2/h3-10H,1-2H3;2*3-8H,1-2H3;3*3-6H,1-2H3. The number of hydrogen-bond donors (Lipinski definition) is 0. The summed E-state index contributed by atoms with van der Waals surface area (Å²) < 4.78 is 30.3. The van der Waals surface area contributed by atoms with Gasteiger partial charge in [-0.15, -0.1) is 0 Å². The van der Waals surface area contributed by atoms with E-state index in [-0.39, 0.29) is 34.7 Å². The molecule has 0 amide bonds. The fourth-order valence-electron chi connectivity index (χ4n) is 7.51. The second-order valence-electron chi connectivity index (χ2n) is 17.6. The maximum Gasteiger partial charge on any atom is 0.160 e. The van der Waals surface area contributed by atoms with Gasteiger partial charge in [-0.2, -0.15) is 0 Å². The van der Waals surface area contributed by atoms with Crippen LogP contribution in [0.25, 0.3) is 32.7 Å². The fourth-order valence-corrected chi connectivity index (χ4v) is 7.51. The molecule has 0 unspecified atom stereocenters. The lowest BCUT2D eigenvalue weighted by atomic mass is 10.0. The molecule has 0 heterocycles. The van der Waals surface area contributed by atoms with Gasteiger partial charge in [-0.3, -0.25) is 28.8 Å². The SMILES string of the molecule is COc1ccc(-c2ccc(C(C)=O)cc2)cc1.COc1ccc(C(C)=O)cc1.COc1ccc(C(C)=O)cc1.COc1ccc2cc(C(C)=O)ccc2c1.COc1cccc(C(C)=O)c1.COc1cccc2c(C(C)=O)cccc12. The van der Waals surface area contributed by atoms with Gasteiger partial charge in [0.1, 0.15) is 34.5 Å². The first kappa shape index (κ1) is 62.9. The summed E-state index contributed by atoms with van der Waals surface area (Å²) in [5.41, 5.74) is 6.54. The van der Waals surface area contributed by atoms with Crippen molar-refractivity contribution in [3.8, 4) is 45.6 Å². The molecule has 80 heavy (non-hydrogen) atoms. The quantitative estimate of drug-likeness (QED) is 0.101. The monoisotopic (exact) mass is 1080 g/mol. The van der Waals surface area contributed by atoms with Crippen LogP contribution >= 0.6 is 0 Å². The Morgan fingerprint density at radius 1 is 0.263 bits per heavy atom. The number of rotatable bonds is 13. The van der Waals surface area contributed by atoms with Crippen molar-refractivity contribution in [2.24, 2.45) is 0 Å². The Hall–Kier alpha value is -9.68. The molecular weight excluding hydrogens is 1010 g/mol. The predicted octanol–water partition coefficient (Wildman–Crippen LogP) is 15.4. The molecule has 0 radical (unpaired) electrons. The van der Waals surface area contributed by atoms with E-state index in [0.717, 1.165) is 83.9 Å². The van der Waals surface area contributed by atoms with E-state index < -0.39 is 0 Å². The fraction of sp³-hybridized carbons (Fsp3) is 0.176. The number of fused-ring (bicyclic) bond motifs is 2. The van der Waals surface area contributed by atoms with Crippen LogP contribution < -0.4 is 28.4 Å². The average molecular weight is 1080 g/mol. The zero-order valence-electron chi connectivity index (χ0n) is 47.4. The van der Waals surface area contributed by atoms with Crippen LogP contribution in [0.5, 0.6) is 34.5 Å². The average Bonchev–Trinajstić information content (AvgIpc) is 3.50. The molecule has 0 saturated heterocycles. The van der Waals surface area contributed by atoms with Crippen molar-refractivity contribution < 1.29 is 57.2 Å². The summed E-state index contributed by atoms with van der Waals surface area (Å²) in [6.45, 7) is 9.35. The van der Waals surface area contributed by atoms with Gasteiger partial charge in [0.2, 0.25) is 0 Å². The van der Waals surface area contributed by atoms with Crippen molar-refractivity contribution in [2.45, 2.75) is 41.5 Å². The first-order chi connectivity index (χ1) is 38.4. The number of carbonyl (C=O) groups excluding carboxylic acids is 6. The Labute approximate surface area is 468 Å². The maximum atomic E-state index is 11.4. The van der Waals surface area contributed by atoms with Gasteiger partial charge in [-0.05, 0) is 166 Å². The highest BCUT2D eigenvalue weighted by Gasteiger charge is 2.08. The van der Waals surface area contributed by atoms with Crippen LogP contribution in [0.15, 0.2) is 194 Å². The number of hydrogen-bond acceptors (Lipinski definition) is 12. The number of ether oxygens (including phenoxy) is 6. The molecule has 0 fully saturated rings. The molecule has 412 valence electrons. The van der Waals surface area contributed by atoms with Crippen molar-refractivity contribution in [1.82, 2.24) is 0 Å². The Morgan fingerprint density at radius 3 is 1.04 bits per heavy atom. The van der Waals surface area contributed by atoms with Crippen LogP contribution in [0.4, 0.5) is 0 Å². The first-order valence-corrected chi connectivity index (χ1v) is 25.2. The van der Waals surface area contributed by atoms with Gasteiger partial charge in [0.15, 0.2) is 34.7 Å². The first-order valence-electron chi connectivity index (χ1n) is 25.2. The van der Waals surface area contributed by atoms with E-state index in [1.165, 1.54) is 6.92 Å². The van der Waals surface area contributed by atoms with Gasteiger partial charge in [0, 0.05) is 38.8 Å². The number of Topliss-reactive ketones (excluding diaryl/α,β-unsaturated/α-hetero) is 6. The largest absolute Gasteiger partial charge is 0.497 e. The molecule has 0 aliphatic heterocycles. The summed E-state index contributed by atoms with van der Waals surface area (Å²) >= 11 is 0. The smallest absolute Gasteiger partial charge is 0.160 e. The molecule has 0 atom stereocenters. The molecular formula is C68H68O12. The molecule has 0 bridgehead atoms. The van der Waals surface area contributed by atoms with Crippen LogP contribution in [0.3, 0.4) is 0 Å². The van der Waals surface area contributed by atoms with Gasteiger partial charge in [0.25, 0.3) is 0 Å². The van der Waals surface area contributed by atoms with Crippen LogP contribution in [0.1, 0.15) is 104 Å². The lowest BCUT2D eigenvalue weighted by molar-refractivity contribution is 0.100. The summed E-state index contributed by atoms with van der Waals surface area (Å²) in [7, 11) is 9.71. The number of carbonyl (C=O) groups is 6. The van der Waals surface area contributed by atoms with Crippen molar-refractivity contribution in [1.29, 1.82) is 0 Å². The third kappa shape index (κ3) is 19.4. The predicted molar refractivity (Wildman–Crippen MR) is 318 cm³/mol. The number of benzene rings is 9. The summed E-state index contributed by atoms with van der Waals surface area (Å²) in [5.74, 6) is 5.21. The molecule has 9 rings (SSSR count). The third-order valence-corrected chi connectivity index (χ3v) is 12.1. The molecule has 0 N–H and O–H groups in total. The van der Waals surface area contributed by atoms with Crippen LogP contribution in [-0.2, 0) is 0 Å². The van der Waals surface area contributed by atoms with E-state index in [0.29, 0.717) is 16.7 Å². The third-order valence-electron chi connectivity index (χ3n) is 12.1. The van der Waals surface area contributed by atoms with Crippen molar-refractivity contribution in [3.05, 3.63) is 228 Å². The van der Waals surface area contributed by atoms with Crippen LogP contribution in [0, 0.1) is 0 Å². The minimum Gasteiger partial charge on any atom is -0.497 e. The van der Waals surface area contributed by atoms with Gasteiger partial charge in [0.05, 0.1) is 42.7 Å². The van der Waals surface area contributed by atoms with E-state index in [2.05, 4.69) is 0 Å². The Bertz CT molecular complexity index is 3430. The summed E-state index contributed by atoms with van der Waals surface area (Å²) in [4.78, 5) is 66.2. The molecule has 0 saturated carbocycles. The van der Waals surface area contributed by atoms with Gasteiger partial charge < -0.3 is 28.4 Å². The topological polar surface area (TPSA) is 158 Å². The van der Waals surface area contributed by atoms with Gasteiger partial charge >= 0.3 is 0 Å². The molecule has 0 aliphatic rings. The lowest BCUT2D eigenvalue weighted by Crippen LogP contribution is -1.94. The normalized spacial score (nSPS) is 9.80. The number of ketones is 6. The lowest BCUT2D eigenvalue weighted by Gasteiger charge is -2.07. The molecule has 12 heteroatoms. The second kappa shape index (κ2) is 32.1. The zero-order valence-corrected chi connectivity index (χ0v) is 47.4. The minimum absolute atomic E-state index is 0.0592. The van der Waals surface area contributed by atoms with E-state index in [1.807, 2.05) is 127 Å². The molecule has 9 aromatic carbocycles.